The molecule has 1 aromatic heterocycles. The highest BCUT2D eigenvalue weighted by Gasteiger charge is 2.29. The van der Waals surface area contributed by atoms with Crippen LogP contribution < -0.4 is 4.90 Å². The molecule has 1 aliphatic rings. The molecule has 0 amide bonds. The highest BCUT2D eigenvalue weighted by Crippen LogP contribution is 2.25. The number of aliphatic carboxylic acids is 1. The molecule has 7 heteroatoms. The normalized spacial score (nSPS) is 16.7. The van der Waals surface area contributed by atoms with Crippen LogP contribution in [0.3, 0.4) is 0 Å². The molecule has 0 bridgehead atoms. The second-order valence-corrected chi connectivity index (χ2v) is 9.38. The molecule has 0 aliphatic carbocycles. The smallest absolute Gasteiger partial charge is 0.307 e. The van der Waals surface area contributed by atoms with Gasteiger partial charge in [-0.25, -0.2) is 14.4 Å². The van der Waals surface area contributed by atoms with E-state index < -0.39 is 5.97 Å². The van der Waals surface area contributed by atoms with Crippen molar-refractivity contribution in [2.24, 2.45) is 5.92 Å². The van der Waals surface area contributed by atoms with E-state index in [-0.39, 0.29) is 18.3 Å². The number of nitrogens with zero attached hydrogens (tertiary/aromatic N) is 4. The average Bonchev–Trinajstić information content (AvgIpc) is 2.79. The Morgan fingerprint density at radius 2 is 1.79 bits per heavy atom. The molecular formula is C27H31FN4O2. The van der Waals surface area contributed by atoms with Gasteiger partial charge in [-0.1, -0.05) is 50.2 Å². The van der Waals surface area contributed by atoms with Crippen molar-refractivity contribution in [1.29, 1.82) is 0 Å². The monoisotopic (exact) mass is 462 g/mol. The summed E-state index contributed by atoms with van der Waals surface area (Å²) < 4.78 is 13.6. The lowest BCUT2D eigenvalue weighted by Gasteiger charge is -2.42. The second kappa shape index (κ2) is 10.7. The second-order valence-electron chi connectivity index (χ2n) is 9.38. The largest absolute Gasteiger partial charge is 0.481 e. The summed E-state index contributed by atoms with van der Waals surface area (Å²) in [6.07, 6.45) is 4.60. The molecule has 1 fully saturated rings. The number of aromatic nitrogens is 2. The maximum Gasteiger partial charge on any atom is 0.307 e. The standard InChI is InChI=1S/C27H31FN4O2/c1-19(2)11-25-18-31(17-21-6-3-5-20(12-21)13-26(33)34)9-10-32(25)27-29-15-23(16-30-27)22-7-4-8-24(28)14-22/h3-8,12,14-16,19,25H,9-11,13,17-18H2,1-2H3,(H,33,34)/t25-/m1/s1. The number of rotatable bonds is 8. The first-order chi connectivity index (χ1) is 16.4. The molecule has 1 atom stereocenters. The van der Waals surface area contributed by atoms with E-state index in [0.717, 1.165) is 54.9 Å². The number of carbonyl (C=O) groups is 1. The number of anilines is 1. The van der Waals surface area contributed by atoms with Crippen LogP contribution in [0.1, 0.15) is 31.4 Å². The molecule has 1 N–H and O–H groups in total. The Balaban J connectivity index is 1.47. The fourth-order valence-electron chi connectivity index (χ4n) is 4.63. The van der Waals surface area contributed by atoms with Crippen molar-refractivity contribution in [3.63, 3.8) is 0 Å². The van der Waals surface area contributed by atoms with E-state index in [1.165, 1.54) is 12.1 Å². The predicted octanol–water partition coefficient (Wildman–Crippen LogP) is 4.65. The van der Waals surface area contributed by atoms with Crippen molar-refractivity contribution in [3.8, 4) is 11.1 Å². The third kappa shape index (κ3) is 6.17. The van der Waals surface area contributed by atoms with Gasteiger partial charge in [-0.2, -0.15) is 0 Å². The van der Waals surface area contributed by atoms with Crippen molar-refractivity contribution >= 4 is 11.9 Å². The Morgan fingerprint density at radius 1 is 1.06 bits per heavy atom. The summed E-state index contributed by atoms with van der Waals surface area (Å²) in [6, 6.07) is 14.6. The average molecular weight is 463 g/mol. The van der Waals surface area contributed by atoms with Crippen molar-refractivity contribution in [1.82, 2.24) is 14.9 Å². The minimum Gasteiger partial charge on any atom is -0.481 e. The molecular weight excluding hydrogens is 431 g/mol. The Kier molecular flexibility index (Phi) is 7.53. The Labute approximate surface area is 200 Å². The predicted molar refractivity (Wildman–Crippen MR) is 131 cm³/mol. The molecule has 178 valence electrons. The van der Waals surface area contributed by atoms with Gasteiger partial charge >= 0.3 is 5.97 Å². The molecule has 0 spiro atoms. The fourth-order valence-corrected chi connectivity index (χ4v) is 4.63. The van der Waals surface area contributed by atoms with Crippen molar-refractivity contribution in [3.05, 3.63) is 77.9 Å². The first-order valence-corrected chi connectivity index (χ1v) is 11.7. The van der Waals surface area contributed by atoms with Gasteiger partial charge in [-0.15, -0.1) is 0 Å². The number of carboxylic acids is 1. The summed E-state index contributed by atoms with van der Waals surface area (Å²) >= 11 is 0. The zero-order valence-electron chi connectivity index (χ0n) is 19.7. The summed E-state index contributed by atoms with van der Waals surface area (Å²) in [5, 5.41) is 9.08. The SMILES string of the molecule is CC(C)C[C@@H]1CN(Cc2cccc(CC(=O)O)c2)CCN1c1ncc(-c2cccc(F)c2)cn1. The van der Waals surface area contributed by atoms with Crippen LogP contribution in [-0.2, 0) is 17.8 Å². The highest BCUT2D eigenvalue weighted by molar-refractivity contribution is 5.70. The molecule has 2 aromatic carbocycles. The third-order valence-corrected chi connectivity index (χ3v) is 6.12. The van der Waals surface area contributed by atoms with Gasteiger partial charge in [0.05, 0.1) is 6.42 Å². The molecule has 4 rings (SSSR count). The van der Waals surface area contributed by atoms with Crippen molar-refractivity contribution < 1.29 is 14.3 Å². The lowest BCUT2D eigenvalue weighted by molar-refractivity contribution is -0.136. The summed E-state index contributed by atoms with van der Waals surface area (Å²) in [5.74, 6) is 0.140. The summed E-state index contributed by atoms with van der Waals surface area (Å²) in [7, 11) is 0. The zero-order valence-corrected chi connectivity index (χ0v) is 19.7. The number of benzene rings is 2. The number of hydrogen-bond acceptors (Lipinski definition) is 5. The van der Waals surface area contributed by atoms with Gasteiger partial charge in [-0.3, -0.25) is 9.69 Å². The minimum absolute atomic E-state index is 0.0422. The topological polar surface area (TPSA) is 69.6 Å². The molecule has 0 unspecified atom stereocenters. The van der Waals surface area contributed by atoms with E-state index in [1.54, 1.807) is 18.5 Å². The van der Waals surface area contributed by atoms with E-state index in [1.807, 2.05) is 24.3 Å². The maximum atomic E-state index is 13.6. The van der Waals surface area contributed by atoms with Crippen LogP contribution in [0.5, 0.6) is 0 Å². The van der Waals surface area contributed by atoms with Gasteiger partial charge in [0.15, 0.2) is 0 Å². The van der Waals surface area contributed by atoms with Crippen LogP contribution in [0.2, 0.25) is 0 Å². The first kappa shape index (κ1) is 23.8. The minimum atomic E-state index is -0.814. The maximum absolute atomic E-state index is 13.6. The van der Waals surface area contributed by atoms with E-state index in [9.17, 15) is 9.18 Å². The van der Waals surface area contributed by atoms with Gasteiger partial charge in [0.2, 0.25) is 5.95 Å². The van der Waals surface area contributed by atoms with Crippen LogP contribution in [-0.4, -0.2) is 51.6 Å². The first-order valence-electron chi connectivity index (χ1n) is 11.7. The molecule has 1 saturated heterocycles. The fraction of sp³-hybridized carbons (Fsp3) is 0.370. The molecule has 2 heterocycles. The van der Waals surface area contributed by atoms with Gasteiger partial charge in [0.25, 0.3) is 0 Å². The summed E-state index contributed by atoms with van der Waals surface area (Å²) in [6.45, 7) is 7.80. The quantitative estimate of drug-likeness (QED) is 0.526. The Hall–Kier alpha value is -3.32. The Bertz CT molecular complexity index is 1120. The van der Waals surface area contributed by atoms with Gasteiger partial charge < -0.3 is 10.0 Å². The number of halogens is 1. The third-order valence-electron chi connectivity index (χ3n) is 6.12. The Morgan fingerprint density at radius 3 is 2.50 bits per heavy atom. The summed E-state index contributed by atoms with van der Waals surface area (Å²) in [4.78, 5) is 25.0. The number of piperazine rings is 1. The van der Waals surface area contributed by atoms with Gasteiger partial charge in [0, 0.05) is 50.2 Å². The van der Waals surface area contributed by atoms with Crippen LogP contribution in [0.25, 0.3) is 11.1 Å². The number of carboxylic acid groups (broad SMARTS) is 1. The van der Waals surface area contributed by atoms with Gasteiger partial charge in [0.1, 0.15) is 5.82 Å². The van der Waals surface area contributed by atoms with E-state index in [0.29, 0.717) is 11.9 Å². The molecule has 6 nitrogen and oxygen atoms in total. The van der Waals surface area contributed by atoms with Crippen LogP contribution in [0.4, 0.5) is 10.3 Å². The highest BCUT2D eigenvalue weighted by atomic mass is 19.1. The number of hydrogen-bond donors (Lipinski definition) is 1. The van der Waals surface area contributed by atoms with E-state index >= 15 is 0 Å². The molecule has 1 aliphatic heterocycles. The lowest BCUT2D eigenvalue weighted by atomic mass is 9.99. The lowest BCUT2D eigenvalue weighted by Crippen LogP contribution is -2.54. The van der Waals surface area contributed by atoms with Gasteiger partial charge in [-0.05, 0) is 41.2 Å². The van der Waals surface area contributed by atoms with Crippen LogP contribution in [0, 0.1) is 11.7 Å². The van der Waals surface area contributed by atoms with E-state index in [2.05, 4.69) is 39.7 Å². The zero-order chi connectivity index (χ0) is 24.1. The molecule has 0 radical (unpaired) electrons. The molecule has 3 aromatic rings. The molecule has 34 heavy (non-hydrogen) atoms. The van der Waals surface area contributed by atoms with Crippen LogP contribution in [0.15, 0.2) is 60.9 Å². The summed E-state index contributed by atoms with van der Waals surface area (Å²) in [5.41, 5.74) is 3.52. The van der Waals surface area contributed by atoms with Crippen molar-refractivity contribution in [2.45, 2.75) is 39.3 Å². The van der Waals surface area contributed by atoms with Crippen LogP contribution >= 0.6 is 0 Å². The van der Waals surface area contributed by atoms with E-state index in [4.69, 9.17) is 5.11 Å². The molecule has 0 saturated carbocycles. The van der Waals surface area contributed by atoms with Crippen molar-refractivity contribution in [2.75, 3.05) is 24.5 Å².